The third kappa shape index (κ3) is 8.72. The summed E-state index contributed by atoms with van der Waals surface area (Å²) < 4.78 is 55.7. The summed E-state index contributed by atoms with van der Waals surface area (Å²) in [5, 5.41) is 0. The molecule has 5 aromatic rings. The fourth-order valence-electron chi connectivity index (χ4n) is 8.13. The summed E-state index contributed by atoms with van der Waals surface area (Å²) in [5.41, 5.74) is -1.37. The summed E-state index contributed by atoms with van der Waals surface area (Å²) in [6, 6.07) is 27.2. The third-order valence-corrected chi connectivity index (χ3v) is 11.2. The van der Waals surface area contributed by atoms with Gasteiger partial charge in [-0.3, -0.25) is 28.7 Å². The fourth-order valence-corrected chi connectivity index (χ4v) is 8.13. The second-order valence-corrected chi connectivity index (χ2v) is 14.7. The Kier molecular flexibility index (Phi) is 12.7. The highest BCUT2D eigenvalue weighted by molar-refractivity contribution is 5.49. The van der Waals surface area contributed by atoms with Crippen molar-refractivity contribution in [3.63, 3.8) is 0 Å². The van der Waals surface area contributed by atoms with E-state index in [1.54, 1.807) is 14.2 Å². The van der Waals surface area contributed by atoms with E-state index in [0.29, 0.717) is 37.4 Å². The summed E-state index contributed by atoms with van der Waals surface area (Å²) in [6.07, 6.45) is -2.00. The number of rotatable bonds is 16. The van der Waals surface area contributed by atoms with E-state index in [9.17, 15) is 19.2 Å². The minimum absolute atomic E-state index is 0.0901. The van der Waals surface area contributed by atoms with Crippen LogP contribution in [0.4, 0.5) is 4.39 Å². The van der Waals surface area contributed by atoms with Gasteiger partial charge in [0.1, 0.15) is 23.2 Å². The molecule has 3 aromatic carbocycles. The normalized spacial score (nSPS) is 23.1. The van der Waals surface area contributed by atoms with Crippen LogP contribution in [-0.2, 0) is 24.5 Å². The van der Waals surface area contributed by atoms with E-state index in [2.05, 4.69) is 9.97 Å². The highest BCUT2D eigenvalue weighted by atomic mass is 19.1. The van der Waals surface area contributed by atoms with Crippen LogP contribution in [0.1, 0.15) is 42.0 Å². The van der Waals surface area contributed by atoms with Crippen LogP contribution in [0.15, 0.2) is 123 Å². The number of methoxy groups -OCH3 is 3. The molecule has 0 spiro atoms. The van der Waals surface area contributed by atoms with Gasteiger partial charge in [0, 0.05) is 50.5 Å². The first kappa shape index (κ1) is 41.5. The number of halogens is 1. The smallest absolute Gasteiger partial charge is 0.330 e. The van der Waals surface area contributed by atoms with Crippen molar-refractivity contribution in [2.75, 3.05) is 48.1 Å². The number of aromatic nitrogens is 4. The minimum Gasteiger partial charge on any atom is -0.497 e. The van der Waals surface area contributed by atoms with Crippen molar-refractivity contribution in [1.82, 2.24) is 24.0 Å². The zero-order valence-corrected chi connectivity index (χ0v) is 33.2. The summed E-state index contributed by atoms with van der Waals surface area (Å²) in [4.78, 5) is 55.6. The Bertz CT molecular complexity index is 2350. The number of nitrogens with zero attached hydrogens (tertiary/aromatic N) is 3. The Balaban J connectivity index is 1.17. The van der Waals surface area contributed by atoms with Crippen LogP contribution in [-0.4, -0.2) is 96.6 Å². The van der Waals surface area contributed by atoms with Crippen LogP contribution >= 0.6 is 0 Å². The molecule has 7 rings (SSSR count). The lowest BCUT2D eigenvalue weighted by molar-refractivity contribution is -0.0882. The number of H-pyrrole nitrogens is 2. The Morgan fingerprint density at radius 1 is 0.746 bits per heavy atom. The second kappa shape index (κ2) is 18.1. The van der Waals surface area contributed by atoms with E-state index in [1.807, 2.05) is 90.8 Å². The standard InChI is InChI=1S/C43H48FN5O10/c1-47(25-32-24-34(56-4)39(58-32)48-22-19-36(50)45-41(48)52)21-18-33-35(59-40(38(33)44)49-23-20-37(51)46-42(49)53)26-57-43(27-8-6-5-7-9-27,28-10-14-30(54-2)15-11-28)29-12-16-31(55-3)17-13-29/h5-17,19-20,22-23,32-35,38-40H,18,21,24-26H2,1-4H3,(H,45,50,52)(H,46,51,53)/t32-,33-,34-,35-,38-,39-,40-/m1/s1. The molecule has 312 valence electrons. The van der Waals surface area contributed by atoms with Crippen molar-refractivity contribution in [3.8, 4) is 11.5 Å². The van der Waals surface area contributed by atoms with Gasteiger partial charge in [0.2, 0.25) is 0 Å². The maximum absolute atomic E-state index is 16.9. The molecule has 2 aliphatic rings. The molecule has 59 heavy (non-hydrogen) atoms. The molecule has 2 fully saturated rings. The van der Waals surface area contributed by atoms with Crippen LogP contribution in [0.2, 0.25) is 0 Å². The van der Waals surface area contributed by atoms with Gasteiger partial charge in [-0.25, -0.2) is 14.0 Å². The number of likely N-dealkylation sites (N-methyl/N-ethyl adjacent to an activating group) is 1. The molecule has 0 aliphatic carbocycles. The molecule has 0 bridgehead atoms. The third-order valence-electron chi connectivity index (χ3n) is 11.2. The van der Waals surface area contributed by atoms with Crippen molar-refractivity contribution >= 4 is 0 Å². The van der Waals surface area contributed by atoms with Gasteiger partial charge in [0.15, 0.2) is 18.6 Å². The molecule has 2 saturated heterocycles. The molecule has 4 heterocycles. The maximum atomic E-state index is 16.9. The predicted octanol–water partition coefficient (Wildman–Crippen LogP) is 3.59. The monoisotopic (exact) mass is 813 g/mol. The van der Waals surface area contributed by atoms with E-state index in [-0.39, 0.29) is 12.7 Å². The van der Waals surface area contributed by atoms with Gasteiger partial charge in [0.05, 0.1) is 33.0 Å². The quantitative estimate of drug-likeness (QED) is 0.140. The Hall–Kier alpha value is -5.65. The maximum Gasteiger partial charge on any atom is 0.330 e. The molecular formula is C43H48FN5O10. The van der Waals surface area contributed by atoms with Crippen LogP contribution in [0.3, 0.4) is 0 Å². The zero-order chi connectivity index (χ0) is 41.7. The molecule has 0 amide bonds. The number of nitrogens with one attached hydrogen (secondary N) is 2. The van der Waals surface area contributed by atoms with E-state index in [1.165, 1.54) is 30.1 Å². The number of ether oxygens (including phenoxy) is 6. The minimum atomic E-state index is -1.66. The first-order valence-corrected chi connectivity index (χ1v) is 19.3. The van der Waals surface area contributed by atoms with Crippen molar-refractivity contribution in [1.29, 1.82) is 0 Å². The summed E-state index contributed by atoms with van der Waals surface area (Å²) in [6.45, 7) is 0.738. The lowest BCUT2D eigenvalue weighted by atomic mass is 9.80. The van der Waals surface area contributed by atoms with E-state index in [0.717, 1.165) is 27.3 Å². The molecule has 0 saturated carbocycles. The average molecular weight is 814 g/mol. The average Bonchev–Trinajstić information content (AvgIpc) is 3.79. The van der Waals surface area contributed by atoms with Crippen LogP contribution < -0.4 is 32.0 Å². The van der Waals surface area contributed by atoms with Crippen LogP contribution in [0, 0.1) is 5.92 Å². The van der Waals surface area contributed by atoms with E-state index in [4.69, 9.17) is 28.4 Å². The van der Waals surface area contributed by atoms with Gasteiger partial charge < -0.3 is 33.3 Å². The van der Waals surface area contributed by atoms with E-state index < -0.39 is 64.9 Å². The topological polar surface area (TPSA) is 168 Å². The number of hydrogen-bond acceptors (Lipinski definition) is 11. The first-order chi connectivity index (χ1) is 28.5. The number of hydrogen-bond donors (Lipinski definition) is 2. The van der Waals surface area contributed by atoms with Crippen molar-refractivity contribution in [3.05, 3.63) is 162 Å². The first-order valence-electron chi connectivity index (χ1n) is 19.3. The molecule has 7 atom stereocenters. The number of benzene rings is 3. The molecule has 15 nitrogen and oxygen atoms in total. The number of aromatic amines is 2. The zero-order valence-electron chi connectivity index (χ0n) is 33.2. The van der Waals surface area contributed by atoms with Gasteiger partial charge in [-0.2, -0.15) is 0 Å². The molecule has 2 aromatic heterocycles. The molecule has 2 aliphatic heterocycles. The molecular weight excluding hydrogens is 765 g/mol. The Morgan fingerprint density at radius 2 is 1.29 bits per heavy atom. The molecule has 0 unspecified atom stereocenters. The Morgan fingerprint density at radius 3 is 1.81 bits per heavy atom. The van der Waals surface area contributed by atoms with Crippen molar-refractivity contribution in [2.24, 2.45) is 5.92 Å². The van der Waals surface area contributed by atoms with Crippen LogP contribution in [0.5, 0.6) is 11.5 Å². The summed E-state index contributed by atoms with van der Waals surface area (Å²) >= 11 is 0. The SMILES string of the molecule is COc1ccc(C(OC[C@H]2O[C@@H](n3ccc(=O)[nH]c3=O)[C@H](F)[C@@H]2CCN(C)C[C@H]2C[C@@H](OC)[C@H](n3ccc(=O)[nH]c3=O)O2)(c2ccccc2)c2ccc(OC)cc2)cc1. The molecule has 16 heteroatoms. The van der Waals surface area contributed by atoms with Crippen molar-refractivity contribution in [2.45, 2.75) is 55.4 Å². The lowest BCUT2D eigenvalue weighted by Crippen LogP contribution is -2.38. The van der Waals surface area contributed by atoms with Gasteiger partial charge in [-0.1, -0.05) is 54.6 Å². The fraction of sp³-hybridized carbons (Fsp3) is 0.395. The highest BCUT2D eigenvalue weighted by Gasteiger charge is 2.48. The molecule has 2 N–H and O–H groups in total. The van der Waals surface area contributed by atoms with Gasteiger partial charge in [0.25, 0.3) is 11.1 Å². The summed E-state index contributed by atoms with van der Waals surface area (Å²) in [5.74, 6) is 0.555. The Labute approximate surface area is 338 Å². The highest BCUT2D eigenvalue weighted by Crippen LogP contribution is 2.44. The second-order valence-electron chi connectivity index (χ2n) is 14.7. The molecule has 0 radical (unpaired) electrons. The lowest BCUT2D eigenvalue weighted by Gasteiger charge is -2.37. The van der Waals surface area contributed by atoms with Gasteiger partial charge in [-0.05, 0) is 61.0 Å². The van der Waals surface area contributed by atoms with E-state index >= 15 is 4.39 Å². The van der Waals surface area contributed by atoms with Gasteiger partial charge >= 0.3 is 11.4 Å². The van der Waals surface area contributed by atoms with Gasteiger partial charge in [-0.15, -0.1) is 0 Å². The predicted molar refractivity (Wildman–Crippen MR) is 215 cm³/mol. The number of alkyl halides is 1. The summed E-state index contributed by atoms with van der Waals surface area (Å²) in [7, 11) is 6.61. The van der Waals surface area contributed by atoms with Crippen LogP contribution in [0.25, 0.3) is 0 Å². The largest absolute Gasteiger partial charge is 0.497 e. The van der Waals surface area contributed by atoms with Crippen molar-refractivity contribution < 1.29 is 32.8 Å².